The molecule has 1 fully saturated rings. The van der Waals surface area contributed by atoms with Crippen molar-refractivity contribution in [3.8, 4) is 0 Å². The van der Waals surface area contributed by atoms with E-state index in [1.807, 2.05) is 24.1 Å². The Morgan fingerprint density at radius 2 is 2.42 bits per heavy atom. The van der Waals surface area contributed by atoms with E-state index >= 15 is 0 Å². The van der Waals surface area contributed by atoms with Crippen molar-refractivity contribution in [1.82, 2.24) is 4.98 Å². The van der Waals surface area contributed by atoms with E-state index in [4.69, 9.17) is 4.74 Å². The molecule has 6 heteroatoms. The van der Waals surface area contributed by atoms with Gasteiger partial charge in [0, 0.05) is 16.7 Å². The summed E-state index contributed by atoms with van der Waals surface area (Å²) in [5.74, 6) is -0.209. The number of thioether (sulfide) groups is 1. The van der Waals surface area contributed by atoms with Gasteiger partial charge >= 0.3 is 5.97 Å². The number of ether oxygens (including phenoxy) is 1. The summed E-state index contributed by atoms with van der Waals surface area (Å²) in [5.41, 5.74) is 0.790. The average Bonchev–Trinajstić information content (AvgIpc) is 2.76. The van der Waals surface area contributed by atoms with Crippen LogP contribution in [0.4, 0.5) is 5.13 Å². The molecule has 1 saturated carbocycles. The molecular formula is C13H20N2O2S2. The molecule has 1 heterocycles. The minimum Gasteiger partial charge on any atom is -0.466 e. The molecule has 1 aromatic heterocycles. The minimum absolute atomic E-state index is 0.209. The second kappa shape index (κ2) is 6.61. The van der Waals surface area contributed by atoms with E-state index in [-0.39, 0.29) is 12.4 Å². The lowest BCUT2D eigenvalue weighted by Crippen LogP contribution is -2.40. The topological polar surface area (TPSA) is 51.2 Å². The van der Waals surface area contributed by atoms with Gasteiger partial charge in [-0.25, -0.2) is 4.98 Å². The molecule has 19 heavy (non-hydrogen) atoms. The second-order valence-corrected chi connectivity index (χ2v) is 6.85. The van der Waals surface area contributed by atoms with Gasteiger partial charge in [-0.15, -0.1) is 11.3 Å². The monoisotopic (exact) mass is 300 g/mol. The number of hydrogen-bond acceptors (Lipinski definition) is 6. The summed E-state index contributed by atoms with van der Waals surface area (Å²) in [4.78, 5) is 15.8. The Morgan fingerprint density at radius 3 is 3.00 bits per heavy atom. The van der Waals surface area contributed by atoms with E-state index in [9.17, 15) is 4.79 Å². The standard InChI is InChI=1S/C13H20N2O2S2/c1-3-17-11(16)7-10-8-19-12(15-10)14-9-13(18-2)5-4-6-13/h8H,3-7,9H2,1-2H3,(H,14,15). The van der Waals surface area contributed by atoms with Gasteiger partial charge in [0.1, 0.15) is 0 Å². The Bertz CT molecular complexity index is 425. The molecule has 4 nitrogen and oxygen atoms in total. The Hall–Kier alpha value is -0.750. The van der Waals surface area contributed by atoms with E-state index in [1.165, 1.54) is 19.3 Å². The van der Waals surface area contributed by atoms with Gasteiger partial charge < -0.3 is 10.1 Å². The molecule has 0 bridgehead atoms. The average molecular weight is 300 g/mol. The summed E-state index contributed by atoms with van der Waals surface area (Å²) < 4.78 is 5.31. The van der Waals surface area contributed by atoms with Crippen LogP contribution in [-0.4, -0.2) is 35.1 Å². The van der Waals surface area contributed by atoms with Crippen LogP contribution in [0, 0.1) is 0 Å². The first-order valence-electron chi connectivity index (χ1n) is 6.56. The highest BCUT2D eigenvalue weighted by Crippen LogP contribution is 2.42. The summed E-state index contributed by atoms with van der Waals surface area (Å²) >= 11 is 3.50. The zero-order chi connectivity index (χ0) is 13.7. The Morgan fingerprint density at radius 1 is 1.63 bits per heavy atom. The van der Waals surface area contributed by atoms with Crippen LogP contribution >= 0.6 is 23.1 Å². The lowest BCUT2D eigenvalue weighted by Gasteiger charge is -2.40. The van der Waals surface area contributed by atoms with Crippen LogP contribution in [0.3, 0.4) is 0 Å². The molecule has 0 aliphatic heterocycles. The molecule has 0 unspecified atom stereocenters. The first-order chi connectivity index (χ1) is 9.17. The van der Waals surface area contributed by atoms with Gasteiger partial charge in [0.05, 0.1) is 18.7 Å². The number of rotatable bonds is 7. The normalized spacial score (nSPS) is 16.7. The van der Waals surface area contributed by atoms with Crippen molar-refractivity contribution in [2.24, 2.45) is 0 Å². The predicted octanol–water partition coefficient (Wildman–Crippen LogP) is 2.95. The fourth-order valence-electron chi connectivity index (χ4n) is 2.09. The van der Waals surface area contributed by atoms with Crippen LogP contribution in [0.2, 0.25) is 0 Å². The van der Waals surface area contributed by atoms with Crippen molar-refractivity contribution in [1.29, 1.82) is 0 Å². The van der Waals surface area contributed by atoms with Gasteiger partial charge in [-0.1, -0.05) is 6.42 Å². The smallest absolute Gasteiger partial charge is 0.311 e. The van der Waals surface area contributed by atoms with Gasteiger partial charge in [-0.05, 0) is 26.0 Å². The highest BCUT2D eigenvalue weighted by atomic mass is 32.2. The summed E-state index contributed by atoms with van der Waals surface area (Å²) in [6.45, 7) is 3.19. The molecule has 0 amide bonds. The summed E-state index contributed by atoms with van der Waals surface area (Å²) in [6, 6.07) is 0. The molecule has 0 saturated heterocycles. The predicted molar refractivity (Wildman–Crippen MR) is 81.0 cm³/mol. The van der Waals surface area contributed by atoms with E-state index in [0.717, 1.165) is 17.4 Å². The quantitative estimate of drug-likeness (QED) is 0.785. The van der Waals surface area contributed by atoms with Crippen LogP contribution < -0.4 is 5.32 Å². The maximum atomic E-state index is 11.4. The molecule has 0 atom stereocenters. The minimum atomic E-state index is -0.209. The van der Waals surface area contributed by atoms with Gasteiger partial charge in [-0.3, -0.25) is 4.79 Å². The Labute approximate surface area is 122 Å². The molecule has 1 aliphatic carbocycles. The van der Waals surface area contributed by atoms with Crippen molar-refractivity contribution in [3.05, 3.63) is 11.1 Å². The van der Waals surface area contributed by atoms with Crippen molar-refractivity contribution in [2.45, 2.75) is 37.4 Å². The summed E-state index contributed by atoms with van der Waals surface area (Å²) in [6.07, 6.45) is 6.33. The molecule has 1 N–H and O–H groups in total. The highest BCUT2D eigenvalue weighted by Gasteiger charge is 2.35. The Balaban J connectivity index is 1.82. The fourth-order valence-corrected chi connectivity index (χ4v) is 3.71. The lowest BCUT2D eigenvalue weighted by atomic mass is 9.84. The summed E-state index contributed by atoms with van der Waals surface area (Å²) in [7, 11) is 0. The number of hydrogen-bond donors (Lipinski definition) is 1. The van der Waals surface area contributed by atoms with Crippen LogP contribution in [0.15, 0.2) is 5.38 Å². The van der Waals surface area contributed by atoms with Crippen LogP contribution in [0.25, 0.3) is 0 Å². The summed E-state index contributed by atoms with van der Waals surface area (Å²) in [5, 5.41) is 6.22. The molecule has 1 aliphatic rings. The largest absolute Gasteiger partial charge is 0.466 e. The maximum absolute atomic E-state index is 11.4. The van der Waals surface area contributed by atoms with Crippen molar-refractivity contribution in [3.63, 3.8) is 0 Å². The number of nitrogens with one attached hydrogen (secondary N) is 1. The number of carbonyl (C=O) groups is 1. The van der Waals surface area contributed by atoms with Crippen LogP contribution in [0.1, 0.15) is 31.9 Å². The van der Waals surface area contributed by atoms with E-state index in [2.05, 4.69) is 16.6 Å². The lowest BCUT2D eigenvalue weighted by molar-refractivity contribution is -0.142. The third kappa shape index (κ3) is 3.86. The zero-order valence-corrected chi connectivity index (χ0v) is 13.0. The van der Waals surface area contributed by atoms with Gasteiger partial charge in [-0.2, -0.15) is 11.8 Å². The molecular weight excluding hydrogens is 280 g/mol. The first-order valence-corrected chi connectivity index (χ1v) is 8.67. The molecule has 0 radical (unpaired) electrons. The fraction of sp³-hybridized carbons (Fsp3) is 0.692. The van der Waals surface area contributed by atoms with E-state index < -0.39 is 0 Å². The van der Waals surface area contributed by atoms with Crippen molar-refractivity contribution in [2.75, 3.05) is 24.7 Å². The molecule has 2 rings (SSSR count). The number of thiazole rings is 1. The zero-order valence-electron chi connectivity index (χ0n) is 11.4. The molecule has 0 aromatic carbocycles. The highest BCUT2D eigenvalue weighted by molar-refractivity contribution is 8.00. The van der Waals surface area contributed by atoms with Crippen molar-refractivity contribution >= 4 is 34.2 Å². The van der Waals surface area contributed by atoms with Gasteiger partial charge in [0.25, 0.3) is 0 Å². The third-order valence-electron chi connectivity index (χ3n) is 3.44. The van der Waals surface area contributed by atoms with E-state index in [0.29, 0.717) is 11.4 Å². The second-order valence-electron chi connectivity index (χ2n) is 4.72. The molecule has 106 valence electrons. The first kappa shape index (κ1) is 14.7. The molecule has 0 spiro atoms. The van der Waals surface area contributed by atoms with Gasteiger partial charge in [0.2, 0.25) is 0 Å². The van der Waals surface area contributed by atoms with Crippen LogP contribution in [0.5, 0.6) is 0 Å². The number of nitrogens with zero attached hydrogens (tertiary/aromatic N) is 1. The number of aromatic nitrogens is 1. The Kier molecular flexibility index (Phi) is 5.10. The maximum Gasteiger partial charge on any atom is 0.311 e. The number of esters is 1. The van der Waals surface area contributed by atoms with Crippen LogP contribution in [-0.2, 0) is 16.0 Å². The van der Waals surface area contributed by atoms with Crippen molar-refractivity contribution < 1.29 is 9.53 Å². The molecule has 1 aromatic rings. The number of anilines is 1. The SMILES string of the molecule is CCOC(=O)Cc1csc(NCC2(SC)CCC2)n1. The van der Waals surface area contributed by atoms with Gasteiger partial charge in [0.15, 0.2) is 5.13 Å². The number of carbonyl (C=O) groups excluding carboxylic acids is 1. The third-order valence-corrected chi connectivity index (χ3v) is 5.71. The van der Waals surface area contributed by atoms with E-state index in [1.54, 1.807) is 11.3 Å².